The summed E-state index contributed by atoms with van der Waals surface area (Å²) in [5, 5.41) is 10.0. The van der Waals surface area contributed by atoms with Crippen LogP contribution in [0.25, 0.3) is 10.9 Å². The van der Waals surface area contributed by atoms with Crippen molar-refractivity contribution < 1.29 is 14.7 Å². The summed E-state index contributed by atoms with van der Waals surface area (Å²) in [6.45, 7) is 2.68. The molecule has 0 radical (unpaired) electrons. The fourth-order valence-corrected chi connectivity index (χ4v) is 2.70. The standard InChI is InChI=1S/C18H16N2O3/c1-2-20(23)14-8-9-15-16(18(21)22)12-19(17(15)10-14)11-13-6-4-3-5-7-13/h3-10,12H,2,11H2,1H3/p+1. The number of aromatic nitrogens is 1. The zero-order valence-electron chi connectivity index (χ0n) is 12.8. The molecule has 0 spiro atoms. The third kappa shape index (κ3) is 2.85. The quantitative estimate of drug-likeness (QED) is 0.729. The second-order valence-electron chi connectivity index (χ2n) is 5.36. The van der Waals surface area contributed by atoms with E-state index in [1.54, 1.807) is 31.3 Å². The summed E-state index contributed by atoms with van der Waals surface area (Å²) < 4.78 is 2.76. The van der Waals surface area contributed by atoms with E-state index in [1.807, 2.05) is 34.9 Å². The fraction of sp³-hybridized carbons (Fsp3) is 0.167. The number of carbonyl (C=O) groups is 1. The van der Waals surface area contributed by atoms with Gasteiger partial charge in [0.1, 0.15) is 0 Å². The van der Waals surface area contributed by atoms with Crippen LogP contribution in [0.15, 0.2) is 54.7 Å². The Morgan fingerprint density at radius 1 is 1.17 bits per heavy atom. The molecule has 0 bridgehead atoms. The van der Waals surface area contributed by atoms with Crippen molar-refractivity contribution in [3.8, 4) is 0 Å². The van der Waals surface area contributed by atoms with Crippen molar-refractivity contribution in [1.29, 1.82) is 0 Å². The van der Waals surface area contributed by atoms with E-state index in [0.717, 1.165) is 15.8 Å². The number of rotatable bonds is 5. The molecule has 5 nitrogen and oxygen atoms in total. The minimum absolute atomic E-state index is 0.247. The van der Waals surface area contributed by atoms with Crippen molar-refractivity contribution in [2.45, 2.75) is 13.5 Å². The van der Waals surface area contributed by atoms with Crippen LogP contribution in [0.1, 0.15) is 22.8 Å². The summed E-state index contributed by atoms with van der Waals surface area (Å²) in [6, 6.07) is 14.9. The maximum atomic E-state index is 11.9. The molecule has 0 fully saturated rings. The van der Waals surface area contributed by atoms with Gasteiger partial charge in [0.15, 0.2) is 6.54 Å². The zero-order valence-corrected chi connectivity index (χ0v) is 12.8. The lowest BCUT2D eigenvalue weighted by Crippen LogP contribution is -2.00. The number of carboxylic acid groups (broad SMARTS) is 1. The Morgan fingerprint density at radius 3 is 2.57 bits per heavy atom. The monoisotopic (exact) mass is 309 g/mol. The molecule has 5 heteroatoms. The third-order valence-corrected chi connectivity index (χ3v) is 3.87. The molecule has 0 aliphatic carbocycles. The SMILES string of the molecule is CC[N+](=O)c1ccc2c(C(=O)O)cn(Cc3ccccc3)c2c1. The average molecular weight is 309 g/mol. The molecule has 2 aromatic carbocycles. The van der Waals surface area contributed by atoms with E-state index >= 15 is 0 Å². The van der Waals surface area contributed by atoms with E-state index in [0.29, 0.717) is 24.2 Å². The van der Waals surface area contributed by atoms with Crippen LogP contribution in [0.5, 0.6) is 0 Å². The number of fused-ring (bicyclic) bond motifs is 1. The minimum atomic E-state index is -0.968. The first-order chi connectivity index (χ1) is 11.1. The predicted octanol–water partition coefficient (Wildman–Crippen LogP) is 3.82. The van der Waals surface area contributed by atoms with Crippen LogP contribution in [0.3, 0.4) is 0 Å². The van der Waals surface area contributed by atoms with Crippen LogP contribution < -0.4 is 0 Å². The highest BCUT2D eigenvalue weighted by Gasteiger charge is 2.18. The number of nitroso groups, excluding NO2 is 1. The summed E-state index contributed by atoms with van der Waals surface area (Å²) in [5.41, 5.74) is 2.60. The molecule has 1 heterocycles. The van der Waals surface area contributed by atoms with Crippen LogP contribution in [-0.4, -0.2) is 26.9 Å². The minimum Gasteiger partial charge on any atom is -0.478 e. The number of hydrogen-bond acceptors (Lipinski definition) is 2. The topological polar surface area (TPSA) is 62.3 Å². The van der Waals surface area contributed by atoms with Crippen LogP contribution in [0, 0.1) is 4.91 Å². The van der Waals surface area contributed by atoms with Gasteiger partial charge in [-0.25, -0.2) is 4.79 Å². The molecule has 0 saturated carbocycles. The second-order valence-corrected chi connectivity index (χ2v) is 5.36. The number of nitrogens with zero attached hydrogens (tertiary/aromatic N) is 2. The Bertz CT molecular complexity index is 882. The largest absolute Gasteiger partial charge is 0.478 e. The first-order valence-electron chi connectivity index (χ1n) is 7.45. The van der Waals surface area contributed by atoms with E-state index in [-0.39, 0.29) is 5.56 Å². The number of aromatic carboxylic acids is 1. The van der Waals surface area contributed by atoms with Gasteiger partial charge in [0.2, 0.25) is 0 Å². The molecule has 0 saturated heterocycles. The molecule has 23 heavy (non-hydrogen) atoms. The van der Waals surface area contributed by atoms with Crippen molar-refractivity contribution in [1.82, 2.24) is 4.57 Å². The summed E-state index contributed by atoms with van der Waals surface area (Å²) in [6.07, 6.45) is 1.63. The first-order valence-corrected chi connectivity index (χ1v) is 7.45. The zero-order chi connectivity index (χ0) is 16.4. The lowest BCUT2D eigenvalue weighted by atomic mass is 10.1. The molecule has 0 atom stereocenters. The molecule has 3 aromatic rings. The van der Waals surface area contributed by atoms with Crippen molar-refractivity contribution in [3.63, 3.8) is 0 Å². The van der Waals surface area contributed by atoms with Gasteiger partial charge in [-0.05, 0) is 18.6 Å². The van der Waals surface area contributed by atoms with Gasteiger partial charge < -0.3 is 9.67 Å². The van der Waals surface area contributed by atoms with Crippen molar-refractivity contribution in [2.24, 2.45) is 0 Å². The Morgan fingerprint density at radius 2 is 1.91 bits per heavy atom. The maximum absolute atomic E-state index is 11.9. The summed E-state index contributed by atoms with van der Waals surface area (Å²) in [7, 11) is 0. The third-order valence-electron chi connectivity index (χ3n) is 3.87. The second kappa shape index (κ2) is 6.04. The van der Waals surface area contributed by atoms with Gasteiger partial charge >= 0.3 is 5.97 Å². The molecule has 3 rings (SSSR count). The molecule has 0 unspecified atom stereocenters. The number of hydrogen-bond donors (Lipinski definition) is 1. The van der Waals surface area contributed by atoms with Crippen LogP contribution in [0.2, 0.25) is 0 Å². The Hall–Kier alpha value is -2.95. The van der Waals surface area contributed by atoms with E-state index in [1.165, 1.54) is 0 Å². The Kier molecular flexibility index (Phi) is 3.93. The van der Waals surface area contributed by atoms with Crippen molar-refractivity contribution in [2.75, 3.05) is 6.54 Å². The molecule has 0 amide bonds. The Labute approximate surface area is 133 Å². The number of benzene rings is 2. The van der Waals surface area contributed by atoms with E-state index in [2.05, 4.69) is 0 Å². The Balaban J connectivity index is 2.15. The highest BCUT2D eigenvalue weighted by atomic mass is 16.4. The van der Waals surface area contributed by atoms with Gasteiger partial charge in [0.25, 0.3) is 5.69 Å². The van der Waals surface area contributed by atoms with Crippen LogP contribution in [0.4, 0.5) is 5.69 Å². The highest BCUT2D eigenvalue weighted by Crippen LogP contribution is 2.27. The molecular formula is C18H17N2O3+. The normalized spacial score (nSPS) is 10.8. The van der Waals surface area contributed by atoms with Gasteiger partial charge in [0, 0.05) is 39.9 Å². The van der Waals surface area contributed by atoms with Crippen molar-refractivity contribution in [3.05, 3.63) is 70.8 Å². The molecule has 1 aromatic heterocycles. The van der Waals surface area contributed by atoms with Gasteiger partial charge in [-0.2, -0.15) is 0 Å². The van der Waals surface area contributed by atoms with Crippen LogP contribution in [-0.2, 0) is 6.54 Å². The van der Waals surface area contributed by atoms with Crippen LogP contribution >= 0.6 is 0 Å². The lowest BCUT2D eigenvalue weighted by Gasteiger charge is -2.05. The average Bonchev–Trinajstić information content (AvgIpc) is 2.93. The van der Waals surface area contributed by atoms with Gasteiger partial charge in [0.05, 0.1) is 11.1 Å². The maximum Gasteiger partial charge on any atom is 0.337 e. The first kappa shape index (κ1) is 15.0. The molecular weight excluding hydrogens is 292 g/mol. The predicted molar refractivity (Wildman–Crippen MR) is 88.3 cm³/mol. The molecule has 0 aliphatic heterocycles. The van der Waals surface area contributed by atoms with E-state index in [9.17, 15) is 14.8 Å². The van der Waals surface area contributed by atoms with E-state index < -0.39 is 5.97 Å². The molecule has 0 aliphatic rings. The van der Waals surface area contributed by atoms with Gasteiger partial charge in [-0.1, -0.05) is 30.3 Å². The van der Waals surface area contributed by atoms with Gasteiger partial charge in [-0.15, -0.1) is 0 Å². The number of carboxylic acids is 1. The molecule has 1 N–H and O–H groups in total. The summed E-state index contributed by atoms with van der Waals surface area (Å²) in [5.74, 6) is -0.968. The van der Waals surface area contributed by atoms with Gasteiger partial charge in [-0.3, -0.25) is 0 Å². The lowest BCUT2D eigenvalue weighted by molar-refractivity contribution is -0.458. The smallest absolute Gasteiger partial charge is 0.337 e. The van der Waals surface area contributed by atoms with E-state index in [4.69, 9.17) is 0 Å². The van der Waals surface area contributed by atoms with Crippen molar-refractivity contribution >= 4 is 22.6 Å². The summed E-state index contributed by atoms with van der Waals surface area (Å²) in [4.78, 5) is 23.3. The molecule has 116 valence electrons. The summed E-state index contributed by atoms with van der Waals surface area (Å²) >= 11 is 0. The highest BCUT2D eigenvalue weighted by molar-refractivity contribution is 6.04. The fourth-order valence-electron chi connectivity index (χ4n) is 2.70.